The highest BCUT2D eigenvalue weighted by Crippen LogP contribution is 2.21. The minimum absolute atomic E-state index is 0.160. The lowest BCUT2D eigenvalue weighted by molar-refractivity contribution is 0.984. The van der Waals surface area contributed by atoms with Crippen LogP contribution in [0.1, 0.15) is 5.56 Å². The van der Waals surface area contributed by atoms with Crippen LogP contribution >= 0.6 is 0 Å². The standard InChI is InChI=1S/C18H12N2O/c19-13-17-16(14-7-3-1-4-8-14)11-12-20(18(17)21)15-9-5-2-6-10-15/h1-12H. The first kappa shape index (κ1) is 12.9. The van der Waals surface area contributed by atoms with Gasteiger partial charge >= 0.3 is 0 Å². The zero-order valence-electron chi connectivity index (χ0n) is 11.2. The van der Waals surface area contributed by atoms with Gasteiger partial charge in [-0.3, -0.25) is 9.36 Å². The van der Waals surface area contributed by atoms with Crippen LogP contribution in [0.15, 0.2) is 77.7 Å². The fraction of sp³-hybridized carbons (Fsp3) is 0. The lowest BCUT2D eigenvalue weighted by atomic mass is 10.0. The molecule has 0 aliphatic rings. The monoisotopic (exact) mass is 272 g/mol. The van der Waals surface area contributed by atoms with Gasteiger partial charge in [0.2, 0.25) is 0 Å². The molecule has 0 saturated heterocycles. The number of aromatic nitrogens is 1. The number of nitriles is 1. The Morgan fingerprint density at radius 3 is 2.10 bits per heavy atom. The van der Waals surface area contributed by atoms with E-state index in [2.05, 4.69) is 0 Å². The smallest absolute Gasteiger partial charge is 0.273 e. The van der Waals surface area contributed by atoms with Gasteiger partial charge < -0.3 is 0 Å². The predicted octanol–water partition coefficient (Wildman–Crippen LogP) is 3.38. The van der Waals surface area contributed by atoms with Crippen molar-refractivity contribution in [3.05, 3.63) is 88.8 Å². The molecule has 0 bridgehead atoms. The van der Waals surface area contributed by atoms with Gasteiger partial charge in [-0.25, -0.2) is 0 Å². The van der Waals surface area contributed by atoms with Crippen molar-refractivity contribution in [3.8, 4) is 22.9 Å². The molecule has 0 atom stereocenters. The average molecular weight is 272 g/mol. The summed E-state index contributed by atoms with van der Waals surface area (Å²) < 4.78 is 1.49. The van der Waals surface area contributed by atoms with E-state index in [1.807, 2.05) is 72.8 Å². The van der Waals surface area contributed by atoms with Crippen molar-refractivity contribution in [1.82, 2.24) is 4.57 Å². The molecule has 0 aliphatic carbocycles. The molecule has 0 N–H and O–H groups in total. The minimum atomic E-state index is -0.301. The molecule has 0 saturated carbocycles. The van der Waals surface area contributed by atoms with E-state index in [9.17, 15) is 10.1 Å². The van der Waals surface area contributed by atoms with Crippen LogP contribution in [-0.2, 0) is 0 Å². The lowest BCUT2D eigenvalue weighted by Gasteiger charge is -2.09. The quantitative estimate of drug-likeness (QED) is 0.718. The largest absolute Gasteiger partial charge is 0.283 e. The highest BCUT2D eigenvalue weighted by Gasteiger charge is 2.11. The summed E-state index contributed by atoms with van der Waals surface area (Å²) in [4.78, 5) is 12.5. The van der Waals surface area contributed by atoms with Crippen molar-refractivity contribution in [1.29, 1.82) is 5.26 Å². The van der Waals surface area contributed by atoms with Crippen molar-refractivity contribution in [2.24, 2.45) is 0 Å². The molecule has 3 nitrogen and oxygen atoms in total. The first-order valence-corrected chi connectivity index (χ1v) is 6.58. The van der Waals surface area contributed by atoms with Crippen LogP contribution < -0.4 is 5.56 Å². The van der Waals surface area contributed by atoms with Crippen molar-refractivity contribution in [2.75, 3.05) is 0 Å². The molecule has 0 unspecified atom stereocenters. The molecule has 1 heterocycles. The summed E-state index contributed by atoms with van der Waals surface area (Å²) in [6.45, 7) is 0. The van der Waals surface area contributed by atoms with Gasteiger partial charge in [0, 0.05) is 17.4 Å². The molecular formula is C18H12N2O. The Morgan fingerprint density at radius 2 is 1.48 bits per heavy atom. The molecule has 21 heavy (non-hydrogen) atoms. The fourth-order valence-corrected chi connectivity index (χ4v) is 2.29. The molecule has 100 valence electrons. The summed E-state index contributed by atoms with van der Waals surface area (Å²) in [7, 11) is 0. The maximum absolute atomic E-state index is 12.5. The highest BCUT2D eigenvalue weighted by molar-refractivity contribution is 5.69. The Balaban J connectivity index is 2.23. The van der Waals surface area contributed by atoms with E-state index in [0.29, 0.717) is 5.56 Å². The zero-order chi connectivity index (χ0) is 14.7. The Labute approximate surface area is 122 Å². The Morgan fingerprint density at radius 1 is 0.857 bits per heavy atom. The van der Waals surface area contributed by atoms with E-state index in [1.54, 1.807) is 6.20 Å². The SMILES string of the molecule is N#Cc1c(-c2ccccc2)ccn(-c2ccccc2)c1=O. The second-order valence-corrected chi connectivity index (χ2v) is 4.59. The van der Waals surface area contributed by atoms with Crippen LogP contribution in [0.4, 0.5) is 0 Å². The predicted molar refractivity (Wildman–Crippen MR) is 82.2 cm³/mol. The third kappa shape index (κ3) is 2.35. The van der Waals surface area contributed by atoms with E-state index < -0.39 is 0 Å². The number of hydrogen-bond acceptors (Lipinski definition) is 2. The Hall–Kier alpha value is -3.12. The normalized spacial score (nSPS) is 10.0. The van der Waals surface area contributed by atoms with Crippen molar-refractivity contribution >= 4 is 0 Å². The molecule has 2 aromatic carbocycles. The van der Waals surface area contributed by atoms with Gasteiger partial charge in [-0.05, 0) is 23.8 Å². The third-order valence-corrected chi connectivity index (χ3v) is 3.32. The van der Waals surface area contributed by atoms with Crippen LogP contribution in [0.3, 0.4) is 0 Å². The maximum Gasteiger partial charge on any atom is 0.273 e. The first-order valence-electron chi connectivity index (χ1n) is 6.58. The second-order valence-electron chi connectivity index (χ2n) is 4.59. The number of para-hydroxylation sites is 1. The van der Waals surface area contributed by atoms with Crippen molar-refractivity contribution in [3.63, 3.8) is 0 Å². The van der Waals surface area contributed by atoms with Gasteiger partial charge in [0.05, 0.1) is 0 Å². The summed E-state index contributed by atoms with van der Waals surface area (Å²) in [5.41, 5.74) is 2.14. The molecule has 0 fully saturated rings. The molecule has 3 rings (SSSR count). The number of pyridine rings is 1. The highest BCUT2D eigenvalue weighted by atomic mass is 16.1. The van der Waals surface area contributed by atoms with E-state index >= 15 is 0 Å². The molecule has 3 aromatic rings. The van der Waals surface area contributed by atoms with Gasteiger partial charge in [0.1, 0.15) is 11.6 Å². The Kier molecular flexibility index (Phi) is 3.36. The van der Waals surface area contributed by atoms with Crippen LogP contribution in [0.25, 0.3) is 16.8 Å². The molecule has 0 amide bonds. The van der Waals surface area contributed by atoms with Crippen molar-refractivity contribution < 1.29 is 0 Å². The van der Waals surface area contributed by atoms with Gasteiger partial charge in [-0.15, -0.1) is 0 Å². The summed E-state index contributed by atoms with van der Waals surface area (Å²) in [6, 6.07) is 22.6. The van der Waals surface area contributed by atoms with Gasteiger partial charge in [0.25, 0.3) is 5.56 Å². The van der Waals surface area contributed by atoms with E-state index in [0.717, 1.165) is 11.3 Å². The summed E-state index contributed by atoms with van der Waals surface area (Å²) in [5, 5.41) is 9.37. The minimum Gasteiger partial charge on any atom is -0.283 e. The number of hydrogen-bond donors (Lipinski definition) is 0. The van der Waals surface area contributed by atoms with E-state index in [-0.39, 0.29) is 11.1 Å². The summed E-state index contributed by atoms with van der Waals surface area (Å²) in [6.07, 6.45) is 1.71. The van der Waals surface area contributed by atoms with Gasteiger partial charge in [-0.2, -0.15) is 5.26 Å². The van der Waals surface area contributed by atoms with Crippen LogP contribution in [-0.4, -0.2) is 4.57 Å². The third-order valence-electron chi connectivity index (χ3n) is 3.32. The number of nitrogens with zero attached hydrogens (tertiary/aromatic N) is 2. The topological polar surface area (TPSA) is 45.8 Å². The maximum atomic E-state index is 12.5. The molecular weight excluding hydrogens is 260 g/mol. The molecule has 3 heteroatoms. The van der Waals surface area contributed by atoms with E-state index in [1.165, 1.54) is 4.57 Å². The molecule has 1 aromatic heterocycles. The first-order chi connectivity index (χ1) is 10.3. The second kappa shape index (κ2) is 5.48. The van der Waals surface area contributed by atoms with E-state index in [4.69, 9.17) is 0 Å². The van der Waals surface area contributed by atoms with Crippen LogP contribution in [0.5, 0.6) is 0 Å². The molecule has 0 aliphatic heterocycles. The summed E-state index contributed by atoms with van der Waals surface area (Å²) in [5.74, 6) is 0. The van der Waals surface area contributed by atoms with Gasteiger partial charge in [0.15, 0.2) is 0 Å². The average Bonchev–Trinajstić information content (AvgIpc) is 2.56. The van der Waals surface area contributed by atoms with Crippen LogP contribution in [0.2, 0.25) is 0 Å². The zero-order valence-corrected chi connectivity index (χ0v) is 11.2. The molecule has 0 radical (unpaired) electrons. The summed E-state index contributed by atoms with van der Waals surface area (Å²) >= 11 is 0. The fourth-order valence-electron chi connectivity index (χ4n) is 2.29. The molecule has 0 spiro atoms. The number of rotatable bonds is 2. The van der Waals surface area contributed by atoms with Crippen molar-refractivity contribution in [2.45, 2.75) is 0 Å². The van der Waals surface area contributed by atoms with Gasteiger partial charge in [-0.1, -0.05) is 48.5 Å². The number of benzene rings is 2. The van der Waals surface area contributed by atoms with Crippen LogP contribution in [0, 0.1) is 11.3 Å². The lowest BCUT2D eigenvalue weighted by Crippen LogP contribution is -2.21. The Bertz CT molecular complexity index is 859.